The predicted molar refractivity (Wildman–Crippen MR) is 79.2 cm³/mol. The van der Waals surface area contributed by atoms with Crippen molar-refractivity contribution in [2.45, 2.75) is 26.2 Å². The Morgan fingerprint density at radius 2 is 1.95 bits per heavy atom. The number of hydrogen-bond donors (Lipinski definition) is 1. The monoisotopic (exact) mass is 274 g/mol. The molecule has 1 aliphatic carbocycles. The lowest BCUT2D eigenvalue weighted by molar-refractivity contribution is -0.134. The topological polar surface area (TPSA) is 49.4 Å². The lowest BCUT2D eigenvalue weighted by Crippen LogP contribution is -2.35. The number of benzene rings is 1. The molecule has 20 heavy (non-hydrogen) atoms. The van der Waals surface area contributed by atoms with Gasteiger partial charge in [0.15, 0.2) is 0 Å². The number of nitrogens with zero attached hydrogens (tertiary/aromatic N) is 1. The molecule has 0 heterocycles. The molecular formula is C16H22N2O2. The van der Waals surface area contributed by atoms with Gasteiger partial charge in [-0.1, -0.05) is 25.1 Å². The van der Waals surface area contributed by atoms with E-state index in [1.807, 2.05) is 30.3 Å². The summed E-state index contributed by atoms with van der Waals surface area (Å²) in [6, 6.07) is 9.28. The van der Waals surface area contributed by atoms with Gasteiger partial charge in [0.1, 0.15) is 0 Å². The number of hydrogen-bond acceptors (Lipinski definition) is 2. The van der Waals surface area contributed by atoms with Crippen LogP contribution in [0.4, 0.5) is 5.69 Å². The molecule has 2 amide bonds. The summed E-state index contributed by atoms with van der Waals surface area (Å²) in [5.41, 5.74) is 0.754. The molecule has 4 heteroatoms. The quantitative estimate of drug-likeness (QED) is 0.866. The maximum Gasteiger partial charge on any atom is 0.243 e. The van der Waals surface area contributed by atoms with Crippen molar-refractivity contribution in [2.75, 3.05) is 18.9 Å². The molecule has 0 unspecified atom stereocenters. The average Bonchev–Trinajstić information content (AvgIpc) is 3.23. The Hall–Kier alpha value is -1.84. The highest BCUT2D eigenvalue weighted by Gasteiger charge is 2.30. The van der Waals surface area contributed by atoms with Crippen LogP contribution in [-0.2, 0) is 9.59 Å². The lowest BCUT2D eigenvalue weighted by Gasteiger charge is -2.19. The van der Waals surface area contributed by atoms with E-state index >= 15 is 0 Å². The van der Waals surface area contributed by atoms with Crippen molar-refractivity contribution in [3.63, 3.8) is 0 Å². The lowest BCUT2D eigenvalue weighted by atomic mass is 10.0. The third-order valence-electron chi connectivity index (χ3n) is 3.79. The van der Waals surface area contributed by atoms with Crippen LogP contribution in [0.5, 0.6) is 0 Å². The molecule has 1 saturated carbocycles. The predicted octanol–water partition coefficient (Wildman–Crippen LogP) is 2.52. The second kappa shape index (κ2) is 6.55. The van der Waals surface area contributed by atoms with Gasteiger partial charge in [-0.2, -0.15) is 0 Å². The summed E-state index contributed by atoms with van der Waals surface area (Å²) < 4.78 is 0. The third kappa shape index (κ3) is 4.37. The van der Waals surface area contributed by atoms with Crippen LogP contribution >= 0.6 is 0 Å². The van der Waals surface area contributed by atoms with Crippen LogP contribution in [0.3, 0.4) is 0 Å². The number of carbonyl (C=O) groups excluding carboxylic acids is 2. The molecule has 0 spiro atoms. The molecule has 1 aromatic carbocycles. The van der Waals surface area contributed by atoms with E-state index in [0.29, 0.717) is 18.3 Å². The molecular weight excluding hydrogens is 252 g/mol. The maximum atomic E-state index is 12.0. The second-order valence-electron chi connectivity index (χ2n) is 5.68. The highest BCUT2D eigenvalue weighted by atomic mass is 16.2. The minimum absolute atomic E-state index is 0.0487. The Bertz CT molecular complexity index is 469. The van der Waals surface area contributed by atoms with Crippen molar-refractivity contribution < 1.29 is 9.59 Å². The first-order chi connectivity index (χ1) is 9.56. The van der Waals surface area contributed by atoms with Crippen LogP contribution in [0.15, 0.2) is 30.3 Å². The zero-order chi connectivity index (χ0) is 14.5. The molecule has 0 aliphatic heterocycles. The van der Waals surface area contributed by atoms with E-state index < -0.39 is 0 Å². The van der Waals surface area contributed by atoms with Crippen LogP contribution in [0.1, 0.15) is 26.2 Å². The summed E-state index contributed by atoms with van der Waals surface area (Å²) in [6.07, 6.45) is 3.03. The van der Waals surface area contributed by atoms with Gasteiger partial charge in [0, 0.05) is 19.2 Å². The number of anilines is 1. The summed E-state index contributed by atoms with van der Waals surface area (Å²) in [5.74, 6) is 1.03. The minimum atomic E-state index is -0.161. The van der Waals surface area contributed by atoms with Crippen molar-refractivity contribution in [3.05, 3.63) is 30.3 Å². The van der Waals surface area contributed by atoms with E-state index in [4.69, 9.17) is 0 Å². The van der Waals surface area contributed by atoms with Gasteiger partial charge in [0.2, 0.25) is 11.8 Å². The molecule has 0 aromatic heterocycles. The first-order valence-corrected chi connectivity index (χ1v) is 7.15. The van der Waals surface area contributed by atoms with Gasteiger partial charge >= 0.3 is 0 Å². The SMILES string of the molecule is C[C@@H](CC(=O)N(C)CC(=O)Nc1ccccc1)C1CC1. The fourth-order valence-corrected chi connectivity index (χ4v) is 2.29. The molecule has 0 radical (unpaired) electrons. The molecule has 2 rings (SSSR count). The molecule has 1 aromatic rings. The summed E-state index contributed by atoms with van der Waals surface area (Å²) >= 11 is 0. The standard InChI is InChI=1S/C16H22N2O2/c1-12(13-8-9-13)10-16(20)18(2)11-15(19)17-14-6-4-3-5-7-14/h3-7,12-13H,8-11H2,1-2H3,(H,17,19)/t12-/m0/s1. The summed E-state index contributed by atoms with van der Waals surface area (Å²) in [6.45, 7) is 2.22. The zero-order valence-electron chi connectivity index (χ0n) is 12.1. The van der Waals surface area contributed by atoms with Crippen molar-refractivity contribution in [1.29, 1.82) is 0 Å². The molecule has 4 nitrogen and oxygen atoms in total. The van der Waals surface area contributed by atoms with E-state index in [9.17, 15) is 9.59 Å². The third-order valence-corrected chi connectivity index (χ3v) is 3.79. The van der Waals surface area contributed by atoms with Gasteiger partial charge in [-0.3, -0.25) is 9.59 Å². The Morgan fingerprint density at radius 3 is 2.55 bits per heavy atom. The number of para-hydroxylation sites is 1. The number of rotatable bonds is 6. The summed E-state index contributed by atoms with van der Waals surface area (Å²) in [7, 11) is 1.69. The Morgan fingerprint density at radius 1 is 1.30 bits per heavy atom. The molecule has 1 N–H and O–H groups in total. The van der Waals surface area contributed by atoms with Crippen LogP contribution < -0.4 is 5.32 Å². The molecule has 108 valence electrons. The highest BCUT2D eigenvalue weighted by molar-refractivity contribution is 5.94. The summed E-state index contributed by atoms with van der Waals surface area (Å²) in [5, 5.41) is 2.78. The fourth-order valence-electron chi connectivity index (χ4n) is 2.29. The van der Waals surface area contributed by atoms with Gasteiger partial charge < -0.3 is 10.2 Å². The smallest absolute Gasteiger partial charge is 0.243 e. The van der Waals surface area contributed by atoms with E-state index in [2.05, 4.69) is 12.2 Å². The van der Waals surface area contributed by atoms with Crippen molar-refractivity contribution in [1.82, 2.24) is 4.90 Å². The Kier molecular flexibility index (Phi) is 4.77. The first kappa shape index (κ1) is 14.6. The van der Waals surface area contributed by atoms with E-state index in [0.717, 1.165) is 5.69 Å². The normalized spacial score (nSPS) is 15.5. The van der Waals surface area contributed by atoms with E-state index in [1.54, 1.807) is 7.05 Å². The largest absolute Gasteiger partial charge is 0.336 e. The van der Waals surface area contributed by atoms with Gasteiger partial charge in [-0.25, -0.2) is 0 Å². The number of nitrogens with one attached hydrogen (secondary N) is 1. The number of likely N-dealkylation sites (N-methyl/N-ethyl adjacent to an activating group) is 1. The maximum absolute atomic E-state index is 12.0. The zero-order valence-corrected chi connectivity index (χ0v) is 12.1. The van der Waals surface area contributed by atoms with Gasteiger partial charge in [0.25, 0.3) is 0 Å². The minimum Gasteiger partial charge on any atom is -0.336 e. The molecule has 1 fully saturated rings. The molecule has 1 atom stereocenters. The van der Waals surface area contributed by atoms with Crippen LogP contribution in [-0.4, -0.2) is 30.3 Å². The second-order valence-corrected chi connectivity index (χ2v) is 5.68. The van der Waals surface area contributed by atoms with Crippen molar-refractivity contribution >= 4 is 17.5 Å². The van der Waals surface area contributed by atoms with E-state index in [-0.39, 0.29) is 18.4 Å². The van der Waals surface area contributed by atoms with Crippen LogP contribution in [0, 0.1) is 11.8 Å². The van der Waals surface area contributed by atoms with Crippen molar-refractivity contribution in [2.24, 2.45) is 11.8 Å². The van der Waals surface area contributed by atoms with Crippen LogP contribution in [0.25, 0.3) is 0 Å². The molecule has 0 bridgehead atoms. The van der Waals surface area contributed by atoms with Crippen molar-refractivity contribution in [3.8, 4) is 0 Å². The first-order valence-electron chi connectivity index (χ1n) is 7.15. The van der Waals surface area contributed by atoms with Crippen LogP contribution in [0.2, 0.25) is 0 Å². The number of amides is 2. The molecule has 0 saturated heterocycles. The Balaban J connectivity index is 1.76. The van der Waals surface area contributed by atoms with Gasteiger partial charge in [-0.05, 0) is 36.8 Å². The van der Waals surface area contributed by atoms with Gasteiger partial charge in [0.05, 0.1) is 6.54 Å². The fraction of sp³-hybridized carbons (Fsp3) is 0.500. The van der Waals surface area contributed by atoms with E-state index in [1.165, 1.54) is 17.7 Å². The molecule has 1 aliphatic rings. The average molecular weight is 274 g/mol. The summed E-state index contributed by atoms with van der Waals surface area (Å²) in [4.78, 5) is 25.4. The Labute approximate surface area is 120 Å². The highest BCUT2D eigenvalue weighted by Crippen LogP contribution is 2.38. The number of carbonyl (C=O) groups is 2. The van der Waals surface area contributed by atoms with Gasteiger partial charge in [-0.15, -0.1) is 0 Å².